The third kappa shape index (κ3) is 5.79. The predicted molar refractivity (Wildman–Crippen MR) is 164 cm³/mol. The van der Waals surface area contributed by atoms with Crippen LogP contribution >= 0.6 is 11.3 Å². The molecule has 2 aliphatic heterocycles. The summed E-state index contributed by atoms with van der Waals surface area (Å²) in [6.45, 7) is 15.9. The van der Waals surface area contributed by atoms with E-state index in [4.69, 9.17) is 14.0 Å². The van der Waals surface area contributed by atoms with Crippen molar-refractivity contribution in [1.29, 1.82) is 0 Å². The van der Waals surface area contributed by atoms with Crippen molar-refractivity contribution in [2.45, 2.75) is 91.1 Å². The number of thiophene rings is 1. The number of hydrogen-bond acceptors (Lipinski definition) is 7. The van der Waals surface area contributed by atoms with Gasteiger partial charge in [-0.3, -0.25) is 9.69 Å². The largest absolute Gasteiger partial charge is 0.494 e. The molecule has 1 atom stereocenters. The number of amides is 2. The molecule has 8 nitrogen and oxygen atoms in total. The van der Waals surface area contributed by atoms with Crippen LogP contribution in [-0.4, -0.2) is 64.9 Å². The molecule has 2 fully saturated rings. The van der Waals surface area contributed by atoms with Gasteiger partial charge in [-0.1, -0.05) is 6.07 Å². The van der Waals surface area contributed by atoms with E-state index in [2.05, 4.69) is 4.98 Å². The normalized spacial score (nSPS) is 20.2. The van der Waals surface area contributed by atoms with Gasteiger partial charge in [0, 0.05) is 29.4 Å². The van der Waals surface area contributed by atoms with Crippen LogP contribution in [0.25, 0.3) is 10.1 Å². The zero-order valence-corrected chi connectivity index (χ0v) is 26.4. The van der Waals surface area contributed by atoms with Crippen molar-refractivity contribution in [3.05, 3.63) is 52.8 Å². The molecule has 1 aromatic carbocycles. The van der Waals surface area contributed by atoms with Crippen LogP contribution in [0.4, 0.5) is 15.0 Å². The van der Waals surface area contributed by atoms with Crippen molar-refractivity contribution in [2.75, 3.05) is 18.0 Å². The third-order valence-electron chi connectivity index (χ3n) is 8.26. The minimum atomic E-state index is -0.755. The molecule has 0 radical (unpaired) electrons. The number of nitrogens with zero attached hydrogens (tertiary/aromatic N) is 3. The Labute approximate surface area is 251 Å². The molecule has 2 aliphatic rings. The lowest BCUT2D eigenvalue weighted by atomic mass is 9.78. The lowest BCUT2D eigenvalue weighted by Gasteiger charge is -2.39. The zero-order chi connectivity index (χ0) is 30.6. The van der Waals surface area contributed by atoms with Crippen LogP contribution < -0.4 is 10.4 Å². The van der Waals surface area contributed by atoms with Crippen LogP contribution in [0.3, 0.4) is 0 Å². The minimum absolute atomic E-state index is 0.0867. The number of pyridine rings is 1. The quantitative estimate of drug-likeness (QED) is 0.340. The van der Waals surface area contributed by atoms with Gasteiger partial charge in [-0.25, -0.2) is 14.2 Å². The maximum atomic E-state index is 15.8. The Hall–Kier alpha value is -3.02. The van der Waals surface area contributed by atoms with Crippen LogP contribution in [0.5, 0.6) is 0 Å². The molecular formula is C31H39BFN3O5S. The van der Waals surface area contributed by atoms with Gasteiger partial charge in [0.2, 0.25) is 0 Å². The fourth-order valence-electron chi connectivity index (χ4n) is 5.35. The van der Waals surface area contributed by atoms with Gasteiger partial charge in [-0.05, 0) is 103 Å². The summed E-state index contributed by atoms with van der Waals surface area (Å²) >= 11 is 1.57. The fraction of sp³-hybridized carbons (Fsp3) is 0.516. The van der Waals surface area contributed by atoms with Gasteiger partial charge < -0.3 is 18.9 Å². The van der Waals surface area contributed by atoms with Crippen molar-refractivity contribution < 1.29 is 28.0 Å². The first kappa shape index (κ1) is 30.4. The summed E-state index contributed by atoms with van der Waals surface area (Å²) in [4.78, 5) is 35.2. The molecule has 5 rings (SSSR count). The molecule has 2 aromatic heterocycles. The maximum Gasteiger partial charge on any atom is 0.494 e. The standard InChI is InChI=1S/C31H39BFN3O5S/c1-19-18-42-24-13-14-34-26(25(19)24)36(21-10-9-15-35(17-21)28(38)39-29(2,3)4)27(37)22-12-11-20(16-23(22)33)32-40-30(5,6)31(7,8)41-32/h11-14,16,18,21H,9-10,15,17H2,1-8H3/t21-/m1/s1. The van der Waals surface area contributed by atoms with Crippen LogP contribution in [-0.2, 0) is 14.0 Å². The molecule has 3 aromatic rings. The first-order chi connectivity index (χ1) is 19.6. The molecule has 0 bridgehead atoms. The van der Waals surface area contributed by atoms with Crippen LogP contribution in [0.2, 0.25) is 0 Å². The number of fused-ring (bicyclic) bond motifs is 1. The Bertz CT molecular complexity index is 1500. The summed E-state index contributed by atoms with van der Waals surface area (Å²) in [6, 6.07) is 5.95. The highest BCUT2D eigenvalue weighted by Gasteiger charge is 2.52. The first-order valence-corrected chi connectivity index (χ1v) is 15.3. The summed E-state index contributed by atoms with van der Waals surface area (Å²) < 4.78 is 34.6. The number of benzene rings is 1. The lowest BCUT2D eigenvalue weighted by Crippen LogP contribution is -2.53. The van der Waals surface area contributed by atoms with E-state index in [1.165, 1.54) is 12.1 Å². The first-order valence-electron chi connectivity index (χ1n) is 14.4. The van der Waals surface area contributed by atoms with Crippen LogP contribution in [0, 0.1) is 12.7 Å². The van der Waals surface area contributed by atoms with E-state index in [-0.39, 0.29) is 12.1 Å². The van der Waals surface area contributed by atoms with Gasteiger partial charge in [0.15, 0.2) is 0 Å². The number of likely N-dealkylation sites (tertiary alicyclic amines) is 1. The van der Waals surface area contributed by atoms with Gasteiger partial charge in [0.25, 0.3) is 5.91 Å². The highest BCUT2D eigenvalue weighted by molar-refractivity contribution is 7.17. The molecule has 4 heterocycles. The molecule has 42 heavy (non-hydrogen) atoms. The number of carbonyl (C=O) groups is 2. The third-order valence-corrected chi connectivity index (χ3v) is 9.32. The monoisotopic (exact) mass is 595 g/mol. The van der Waals surface area contributed by atoms with Crippen LogP contribution in [0.15, 0.2) is 35.8 Å². The molecule has 2 saturated heterocycles. The maximum absolute atomic E-state index is 15.8. The lowest BCUT2D eigenvalue weighted by molar-refractivity contribution is 0.00578. The number of ether oxygens (including phenoxy) is 1. The van der Waals surface area contributed by atoms with E-state index in [1.54, 1.807) is 33.4 Å². The topological polar surface area (TPSA) is 81.2 Å². The van der Waals surface area contributed by atoms with Crippen molar-refractivity contribution in [3.63, 3.8) is 0 Å². The number of hydrogen-bond donors (Lipinski definition) is 0. The molecule has 0 saturated carbocycles. The minimum Gasteiger partial charge on any atom is -0.444 e. The summed E-state index contributed by atoms with van der Waals surface area (Å²) in [6.07, 6.45) is 2.52. The Balaban J connectivity index is 1.51. The highest BCUT2D eigenvalue weighted by atomic mass is 32.1. The molecule has 0 unspecified atom stereocenters. The van der Waals surface area contributed by atoms with E-state index in [1.807, 2.05) is 66.8 Å². The summed E-state index contributed by atoms with van der Waals surface area (Å²) in [5, 5.41) is 2.87. The summed E-state index contributed by atoms with van der Waals surface area (Å²) in [5.41, 5.74) is -0.421. The number of halogens is 1. The predicted octanol–water partition coefficient (Wildman–Crippen LogP) is 6.09. The summed E-state index contributed by atoms with van der Waals surface area (Å²) in [5.74, 6) is -0.734. The van der Waals surface area contributed by atoms with E-state index in [9.17, 15) is 9.59 Å². The van der Waals surface area contributed by atoms with Crippen molar-refractivity contribution in [3.8, 4) is 0 Å². The molecule has 11 heteroatoms. The second-order valence-electron chi connectivity index (χ2n) is 13.2. The number of aryl methyl sites for hydroxylation is 1. The molecular weight excluding hydrogens is 556 g/mol. The van der Waals surface area contributed by atoms with E-state index < -0.39 is 47.8 Å². The van der Waals surface area contributed by atoms with E-state index in [0.717, 1.165) is 15.6 Å². The number of carbonyl (C=O) groups excluding carboxylic acids is 2. The van der Waals surface area contributed by atoms with E-state index in [0.29, 0.717) is 30.7 Å². The second kappa shape index (κ2) is 10.9. The van der Waals surface area contributed by atoms with Gasteiger partial charge in [-0.15, -0.1) is 11.3 Å². The number of anilines is 1. The van der Waals surface area contributed by atoms with Gasteiger partial charge in [0.05, 0.1) is 22.8 Å². The molecule has 0 N–H and O–H groups in total. The number of aromatic nitrogens is 1. The van der Waals surface area contributed by atoms with Crippen molar-refractivity contribution in [2.24, 2.45) is 0 Å². The average molecular weight is 596 g/mol. The Morgan fingerprint density at radius 2 is 1.86 bits per heavy atom. The summed E-state index contributed by atoms with van der Waals surface area (Å²) in [7, 11) is -0.755. The van der Waals surface area contributed by atoms with Crippen molar-refractivity contribution >= 4 is 51.8 Å². The zero-order valence-electron chi connectivity index (χ0n) is 25.6. The van der Waals surface area contributed by atoms with Crippen molar-refractivity contribution in [1.82, 2.24) is 9.88 Å². The molecule has 2 amide bonds. The average Bonchev–Trinajstić information content (AvgIpc) is 3.38. The molecule has 0 spiro atoms. The number of rotatable bonds is 4. The second-order valence-corrected chi connectivity index (χ2v) is 14.1. The Kier molecular flexibility index (Phi) is 7.91. The van der Waals surface area contributed by atoms with E-state index >= 15 is 4.39 Å². The molecule has 0 aliphatic carbocycles. The van der Waals surface area contributed by atoms with Crippen LogP contribution in [0.1, 0.15) is 77.2 Å². The SMILES string of the molecule is Cc1csc2ccnc(N(C(=O)c3ccc(B4OC(C)(C)C(C)(C)O4)cc3F)[C@@H]3CCCN(C(=O)OC(C)(C)C)C3)c12. The smallest absolute Gasteiger partial charge is 0.444 e. The highest BCUT2D eigenvalue weighted by Crippen LogP contribution is 2.38. The fourth-order valence-corrected chi connectivity index (χ4v) is 6.28. The number of piperidine rings is 1. The Morgan fingerprint density at radius 3 is 2.50 bits per heavy atom. The van der Waals surface area contributed by atoms with Gasteiger partial charge in [-0.2, -0.15) is 0 Å². The Morgan fingerprint density at radius 1 is 1.17 bits per heavy atom. The van der Waals surface area contributed by atoms with Gasteiger partial charge >= 0.3 is 13.2 Å². The van der Waals surface area contributed by atoms with Gasteiger partial charge in [0.1, 0.15) is 17.2 Å². The molecule has 224 valence electrons.